The van der Waals surface area contributed by atoms with E-state index in [4.69, 9.17) is 14.9 Å². The molecule has 0 saturated carbocycles. The van der Waals surface area contributed by atoms with E-state index in [-0.39, 0.29) is 18.6 Å². The van der Waals surface area contributed by atoms with Crippen LogP contribution in [-0.2, 0) is 16.1 Å². The number of carbonyl (C=O) groups excluding carboxylic acids is 1. The van der Waals surface area contributed by atoms with Crippen LogP contribution in [0, 0.1) is 0 Å². The van der Waals surface area contributed by atoms with Crippen LogP contribution in [-0.4, -0.2) is 5.97 Å². The highest BCUT2D eigenvalue weighted by Gasteiger charge is 2.06. The van der Waals surface area contributed by atoms with E-state index in [2.05, 4.69) is 0 Å². The lowest BCUT2D eigenvalue weighted by Crippen LogP contribution is -2.03. The van der Waals surface area contributed by atoms with Gasteiger partial charge in [0.2, 0.25) is 0 Å². The van der Waals surface area contributed by atoms with Crippen molar-refractivity contribution in [3.05, 3.63) is 23.7 Å². The topological polar surface area (TPSA) is 65.5 Å². The van der Waals surface area contributed by atoms with E-state index in [1.54, 1.807) is 12.1 Å². The Hall–Kier alpha value is -1.29. The minimum atomic E-state index is -0.321. The van der Waals surface area contributed by atoms with Crippen LogP contribution in [0.15, 0.2) is 16.5 Å². The molecule has 1 aromatic heterocycles. The third kappa shape index (κ3) is 2.91. The monoisotopic (exact) mass is 183 g/mol. The first kappa shape index (κ1) is 9.80. The number of hydrogen-bond donors (Lipinski definition) is 1. The maximum absolute atomic E-state index is 10.5. The molecule has 2 N–H and O–H groups in total. The molecule has 0 fully saturated rings. The number of rotatable bonds is 3. The van der Waals surface area contributed by atoms with Gasteiger partial charge in [-0.2, -0.15) is 0 Å². The fraction of sp³-hybridized carbons (Fsp3) is 0.444. The van der Waals surface area contributed by atoms with Gasteiger partial charge in [0, 0.05) is 6.92 Å². The molecule has 0 bridgehead atoms. The second kappa shape index (κ2) is 4.09. The molecule has 1 aromatic rings. The Morgan fingerprint density at radius 3 is 2.85 bits per heavy atom. The first-order valence-corrected chi connectivity index (χ1v) is 4.07. The van der Waals surface area contributed by atoms with E-state index in [1.807, 2.05) is 6.92 Å². The van der Waals surface area contributed by atoms with Gasteiger partial charge in [-0.1, -0.05) is 0 Å². The molecule has 1 atom stereocenters. The normalized spacial score (nSPS) is 12.5. The first-order chi connectivity index (χ1) is 6.09. The van der Waals surface area contributed by atoms with Crippen LogP contribution in [0.1, 0.15) is 31.4 Å². The summed E-state index contributed by atoms with van der Waals surface area (Å²) in [6, 6.07) is 3.40. The van der Waals surface area contributed by atoms with Crippen molar-refractivity contribution in [1.82, 2.24) is 0 Å². The van der Waals surface area contributed by atoms with Gasteiger partial charge >= 0.3 is 5.97 Å². The summed E-state index contributed by atoms with van der Waals surface area (Å²) in [5.41, 5.74) is 5.58. The van der Waals surface area contributed by atoms with Gasteiger partial charge in [-0.05, 0) is 19.1 Å². The first-order valence-electron chi connectivity index (χ1n) is 4.07. The summed E-state index contributed by atoms with van der Waals surface area (Å²) in [5.74, 6) is 0.989. The van der Waals surface area contributed by atoms with Crippen LogP contribution in [0.4, 0.5) is 0 Å². The lowest BCUT2D eigenvalue weighted by atomic mass is 10.3. The van der Waals surface area contributed by atoms with Gasteiger partial charge in [-0.3, -0.25) is 4.79 Å². The average Bonchev–Trinajstić information content (AvgIpc) is 2.48. The lowest BCUT2D eigenvalue weighted by molar-refractivity contribution is -0.142. The largest absolute Gasteiger partial charge is 0.461 e. The number of nitrogens with two attached hydrogens (primary N) is 1. The van der Waals surface area contributed by atoms with Crippen LogP contribution in [0.3, 0.4) is 0 Å². The fourth-order valence-corrected chi connectivity index (χ4v) is 0.890. The van der Waals surface area contributed by atoms with Crippen molar-refractivity contribution in [2.24, 2.45) is 5.73 Å². The molecular weight excluding hydrogens is 170 g/mol. The Labute approximate surface area is 76.7 Å². The Morgan fingerprint density at radius 2 is 2.38 bits per heavy atom. The van der Waals surface area contributed by atoms with Crippen LogP contribution in [0.2, 0.25) is 0 Å². The second-order valence-corrected chi connectivity index (χ2v) is 2.87. The summed E-state index contributed by atoms with van der Waals surface area (Å²) >= 11 is 0. The Balaban J connectivity index is 2.54. The maximum atomic E-state index is 10.5. The molecule has 0 radical (unpaired) electrons. The summed E-state index contributed by atoms with van der Waals surface area (Å²) in [6.07, 6.45) is 0. The van der Waals surface area contributed by atoms with Crippen LogP contribution < -0.4 is 5.73 Å². The lowest BCUT2D eigenvalue weighted by Gasteiger charge is -2.00. The molecule has 1 unspecified atom stereocenters. The molecule has 0 aliphatic rings. The van der Waals surface area contributed by atoms with Crippen molar-refractivity contribution in [2.75, 3.05) is 0 Å². The number of furan rings is 1. The zero-order chi connectivity index (χ0) is 9.84. The molecule has 0 saturated heterocycles. The van der Waals surface area contributed by atoms with Gasteiger partial charge in [-0.25, -0.2) is 0 Å². The van der Waals surface area contributed by atoms with Gasteiger partial charge < -0.3 is 14.9 Å². The zero-order valence-electron chi connectivity index (χ0n) is 7.74. The highest BCUT2D eigenvalue weighted by molar-refractivity contribution is 5.65. The summed E-state index contributed by atoms with van der Waals surface area (Å²) in [4.78, 5) is 10.5. The highest BCUT2D eigenvalue weighted by atomic mass is 16.5. The molecule has 0 aromatic carbocycles. The van der Waals surface area contributed by atoms with Crippen molar-refractivity contribution in [2.45, 2.75) is 26.5 Å². The van der Waals surface area contributed by atoms with E-state index in [1.165, 1.54) is 6.92 Å². The van der Waals surface area contributed by atoms with Crippen LogP contribution in [0.25, 0.3) is 0 Å². The van der Waals surface area contributed by atoms with Gasteiger partial charge in [0.1, 0.15) is 18.1 Å². The summed E-state index contributed by atoms with van der Waals surface area (Å²) < 4.78 is 10.0. The van der Waals surface area contributed by atoms with Crippen molar-refractivity contribution < 1.29 is 13.9 Å². The molecule has 1 rings (SSSR count). The molecule has 4 heteroatoms. The molecule has 4 nitrogen and oxygen atoms in total. The molecule has 13 heavy (non-hydrogen) atoms. The van der Waals surface area contributed by atoms with E-state index >= 15 is 0 Å². The molecule has 0 aliphatic heterocycles. The predicted molar refractivity (Wildman–Crippen MR) is 46.8 cm³/mol. The van der Waals surface area contributed by atoms with E-state index in [9.17, 15) is 4.79 Å². The van der Waals surface area contributed by atoms with Crippen molar-refractivity contribution in [3.8, 4) is 0 Å². The fourth-order valence-electron chi connectivity index (χ4n) is 0.890. The third-order valence-corrected chi connectivity index (χ3v) is 1.55. The molecule has 0 amide bonds. The summed E-state index contributed by atoms with van der Waals surface area (Å²) in [5, 5.41) is 0. The Bertz CT molecular complexity index is 291. The van der Waals surface area contributed by atoms with Crippen molar-refractivity contribution in [1.29, 1.82) is 0 Å². The third-order valence-electron chi connectivity index (χ3n) is 1.55. The molecule has 72 valence electrons. The van der Waals surface area contributed by atoms with E-state index < -0.39 is 0 Å². The minimum absolute atomic E-state index is 0.133. The predicted octanol–water partition coefficient (Wildman–Crippen LogP) is 1.36. The van der Waals surface area contributed by atoms with E-state index in [0.717, 1.165) is 0 Å². The summed E-state index contributed by atoms with van der Waals surface area (Å²) in [7, 11) is 0. The second-order valence-electron chi connectivity index (χ2n) is 2.87. The summed E-state index contributed by atoms with van der Waals surface area (Å²) in [6.45, 7) is 3.35. The Kier molecular flexibility index (Phi) is 3.08. The molecular formula is C9H13NO3. The van der Waals surface area contributed by atoms with E-state index in [0.29, 0.717) is 11.5 Å². The number of carbonyl (C=O) groups is 1. The maximum Gasteiger partial charge on any atom is 0.303 e. The van der Waals surface area contributed by atoms with Gasteiger partial charge in [0.25, 0.3) is 0 Å². The van der Waals surface area contributed by atoms with Crippen molar-refractivity contribution in [3.63, 3.8) is 0 Å². The van der Waals surface area contributed by atoms with Crippen molar-refractivity contribution >= 4 is 5.97 Å². The quantitative estimate of drug-likeness (QED) is 0.718. The van der Waals surface area contributed by atoms with Gasteiger partial charge in [-0.15, -0.1) is 0 Å². The molecule has 0 spiro atoms. The number of hydrogen-bond acceptors (Lipinski definition) is 4. The molecule has 0 aliphatic carbocycles. The minimum Gasteiger partial charge on any atom is -0.461 e. The standard InChI is InChI=1S/C9H13NO3/c1-6(10)9-4-3-8(13-9)5-12-7(2)11/h3-4,6H,5,10H2,1-2H3. The average molecular weight is 183 g/mol. The smallest absolute Gasteiger partial charge is 0.303 e. The molecule has 1 heterocycles. The van der Waals surface area contributed by atoms with Crippen LogP contribution in [0.5, 0.6) is 0 Å². The number of ether oxygens (including phenoxy) is 1. The Morgan fingerprint density at radius 1 is 1.69 bits per heavy atom. The van der Waals surface area contributed by atoms with Gasteiger partial charge in [0.05, 0.1) is 6.04 Å². The van der Waals surface area contributed by atoms with Gasteiger partial charge in [0.15, 0.2) is 0 Å². The zero-order valence-corrected chi connectivity index (χ0v) is 7.74. The van der Waals surface area contributed by atoms with Crippen LogP contribution >= 0.6 is 0 Å². The highest BCUT2D eigenvalue weighted by Crippen LogP contribution is 2.14. The SMILES string of the molecule is CC(=O)OCc1ccc(C(C)N)o1. The number of esters is 1.